The first-order valence-corrected chi connectivity index (χ1v) is 16.1. The fraction of sp³-hybridized carbons (Fsp3) is 0.212. The molecule has 0 unspecified atom stereocenters. The van der Waals surface area contributed by atoms with Crippen LogP contribution in [0, 0.1) is 11.3 Å². The van der Waals surface area contributed by atoms with Gasteiger partial charge in [-0.1, -0.05) is 51.5 Å². The Hall–Kier alpha value is -4.18. The monoisotopic (exact) mass is 751 g/mol. The molecule has 0 amide bonds. The molecule has 0 bridgehead atoms. The minimum absolute atomic E-state index is 0.166. The highest BCUT2D eigenvalue weighted by atomic mass is 79.9. The molecule has 0 saturated carbocycles. The molecule has 1 atom stereocenters. The molecule has 230 valence electrons. The number of halogens is 2. The van der Waals surface area contributed by atoms with Gasteiger partial charge in [-0.05, 0) is 77.3 Å². The molecule has 0 spiro atoms. The third-order valence-electron chi connectivity index (χ3n) is 7.09. The maximum Gasteiger partial charge on any atom is 0.338 e. The van der Waals surface area contributed by atoms with E-state index in [4.69, 9.17) is 18.9 Å². The summed E-state index contributed by atoms with van der Waals surface area (Å²) in [4.78, 5) is 32.4. The number of carbonyl (C=O) groups excluding carboxylic acids is 1. The van der Waals surface area contributed by atoms with Crippen molar-refractivity contribution in [1.82, 2.24) is 4.57 Å². The van der Waals surface area contributed by atoms with E-state index >= 15 is 0 Å². The largest absolute Gasteiger partial charge is 0.493 e. The number of fused-ring (bicyclic) bond motifs is 1. The van der Waals surface area contributed by atoms with Crippen LogP contribution in [-0.2, 0) is 16.1 Å². The lowest BCUT2D eigenvalue weighted by atomic mass is 9.95. The van der Waals surface area contributed by atoms with Crippen LogP contribution < -0.4 is 29.1 Å². The molecule has 0 radical (unpaired) electrons. The number of benzene rings is 3. The number of methoxy groups -OCH3 is 2. The summed E-state index contributed by atoms with van der Waals surface area (Å²) in [5, 5.41) is 9.36. The van der Waals surface area contributed by atoms with Crippen LogP contribution in [0.5, 0.6) is 17.2 Å². The lowest BCUT2D eigenvalue weighted by Crippen LogP contribution is -2.40. The third kappa shape index (κ3) is 6.47. The van der Waals surface area contributed by atoms with Crippen molar-refractivity contribution in [2.24, 2.45) is 4.99 Å². The molecule has 0 aliphatic carbocycles. The van der Waals surface area contributed by atoms with Crippen LogP contribution in [0.4, 0.5) is 0 Å². The molecule has 0 N–H and O–H groups in total. The van der Waals surface area contributed by atoms with Gasteiger partial charge in [-0.25, -0.2) is 9.79 Å². The topological polar surface area (TPSA) is 112 Å². The molecule has 3 aromatic carbocycles. The number of esters is 1. The minimum atomic E-state index is -0.838. The summed E-state index contributed by atoms with van der Waals surface area (Å²) in [5.41, 5.74) is 3.10. The van der Waals surface area contributed by atoms with Crippen LogP contribution in [0.3, 0.4) is 0 Å². The minimum Gasteiger partial charge on any atom is -0.493 e. The van der Waals surface area contributed by atoms with Crippen molar-refractivity contribution in [3.63, 3.8) is 0 Å². The van der Waals surface area contributed by atoms with Crippen LogP contribution in [0.1, 0.15) is 42.1 Å². The van der Waals surface area contributed by atoms with E-state index in [1.54, 1.807) is 44.2 Å². The molecular weight excluding hydrogens is 726 g/mol. The number of hydrogen-bond donors (Lipinski definition) is 0. The molecule has 12 heteroatoms. The van der Waals surface area contributed by atoms with Crippen molar-refractivity contribution in [2.75, 3.05) is 20.8 Å². The molecule has 0 saturated heterocycles. The van der Waals surface area contributed by atoms with E-state index < -0.39 is 12.0 Å². The summed E-state index contributed by atoms with van der Waals surface area (Å²) in [6.07, 6.45) is 1.77. The van der Waals surface area contributed by atoms with Gasteiger partial charge in [0.2, 0.25) is 0 Å². The smallest absolute Gasteiger partial charge is 0.338 e. The highest BCUT2D eigenvalue weighted by molar-refractivity contribution is 9.10. The van der Waals surface area contributed by atoms with E-state index in [1.165, 1.54) is 30.1 Å². The van der Waals surface area contributed by atoms with Crippen molar-refractivity contribution in [2.45, 2.75) is 26.5 Å². The average molecular weight is 753 g/mol. The highest BCUT2D eigenvalue weighted by Crippen LogP contribution is 2.40. The zero-order valence-corrected chi connectivity index (χ0v) is 28.7. The number of thiazole rings is 1. The Labute approximate surface area is 279 Å². The van der Waals surface area contributed by atoms with Gasteiger partial charge in [0.25, 0.3) is 5.56 Å². The zero-order chi connectivity index (χ0) is 32.2. The summed E-state index contributed by atoms with van der Waals surface area (Å²) in [6, 6.07) is 17.6. The molecule has 1 aliphatic rings. The molecule has 2 heterocycles. The Kier molecular flexibility index (Phi) is 9.92. The number of rotatable bonds is 9. The van der Waals surface area contributed by atoms with Gasteiger partial charge >= 0.3 is 5.97 Å². The Morgan fingerprint density at radius 2 is 1.80 bits per heavy atom. The fourth-order valence-electron chi connectivity index (χ4n) is 4.95. The lowest BCUT2D eigenvalue weighted by molar-refractivity contribution is -0.139. The Morgan fingerprint density at radius 1 is 1.07 bits per heavy atom. The SMILES string of the molecule is CCOC(=O)C1=C(C)N=c2s/c(=C\c3ccc(OCc4ccccc4C#N)c(Br)c3)c(=O)n2[C@H]1c1cc(OC)c(OC)cc1Br. The number of hydrogen-bond acceptors (Lipinski definition) is 9. The van der Waals surface area contributed by atoms with Gasteiger partial charge in [0, 0.05) is 10.0 Å². The van der Waals surface area contributed by atoms with Crippen molar-refractivity contribution in [3.05, 3.63) is 117 Å². The maximum atomic E-state index is 14.1. The normalized spacial score (nSPS) is 14.3. The molecule has 45 heavy (non-hydrogen) atoms. The van der Waals surface area contributed by atoms with Gasteiger partial charge in [-0.3, -0.25) is 9.36 Å². The molecule has 1 aliphatic heterocycles. The number of nitriles is 1. The van der Waals surface area contributed by atoms with Gasteiger partial charge in [-0.2, -0.15) is 5.26 Å². The van der Waals surface area contributed by atoms with Gasteiger partial charge in [0.05, 0.1) is 58.8 Å². The van der Waals surface area contributed by atoms with Crippen LogP contribution in [0.2, 0.25) is 0 Å². The van der Waals surface area contributed by atoms with Crippen LogP contribution in [0.25, 0.3) is 6.08 Å². The van der Waals surface area contributed by atoms with Crippen molar-refractivity contribution >= 4 is 55.2 Å². The van der Waals surface area contributed by atoms with E-state index in [9.17, 15) is 14.9 Å². The summed E-state index contributed by atoms with van der Waals surface area (Å²) >= 11 is 8.41. The molecule has 4 aromatic rings. The molecule has 5 rings (SSSR count). The van der Waals surface area contributed by atoms with Crippen LogP contribution in [-0.4, -0.2) is 31.4 Å². The first kappa shape index (κ1) is 32.2. The van der Waals surface area contributed by atoms with Crippen molar-refractivity contribution in [3.8, 4) is 23.3 Å². The Morgan fingerprint density at radius 3 is 2.49 bits per heavy atom. The first-order valence-electron chi connectivity index (χ1n) is 13.7. The van der Waals surface area contributed by atoms with Gasteiger partial charge < -0.3 is 18.9 Å². The molecule has 1 aromatic heterocycles. The second-order valence-electron chi connectivity index (χ2n) is 9.78. The van der Waals surface area contributed by atoms with E-state index in [1.807, 2.05) is 30.3 Å². The number of carbonyl (C=O) groups is 1. The van der Waals surface area contributed by atoms with Gasteiger partial charge in [0.1, 0.15) is 12.4 Å². The zero-order valence-electron chi connectivity index (χ0n) is 24.7. The second kappa shape index (κ2) is 13.9. The summed E-state index contributed by atoms with van der Waals surface area (Å²) in [7, 11) is 3.06. The number of aromatic nitrogens is 1. The molecule has 0 fully saturated rings. The molecular formula is C33H27Br2N3O6S. The van der Waals surface area contributed by atoms with Gasteiger partial charge in [0.15, 0.2) is 16.3 Å². The van der Waals surface area contributed by atoms with Crippen LogP contribution in [0.15, 0.2) is 84.6 Å². The fourth-order valence-corrected chi connectivity index (χ4v) is 7.05. The predicted molar refractivity (Wildman–Crippen MR) is 177 cm³/mol. The standard InChI is InChI=1S/C33H27Br2N3O6S/c1-5-43-32(40)29-18(2)37-33-38(30(29)22-14-26(41-3)27(42-4)15-23(22)34)31(39)28(45-33)13-19-10-11-25(24(35)12-19)44-17-21-9-7-6-8-20(21)16-36/h6-15,30H,5,17H2,1-4H3/b28-13-/t30-/m0/s1. The summed E-state index contributed by atoms with van der Waals surface area (Å²) < 4.78 is 25.6. The summed E-state index contributed by atoms with van der Waals surface area (Å²) in [5.74, 6) is 0.969. The molecule has 9 nitrogen and oxygen atoms in total. The van der Waals surface area contributed by atoms with E-state index in [2.05, 4.69) is 42.9 Å². The predicted octanol–water partition coefficient (Wildman–Crippen LogP) is 5.79. The third-order valence-corrected chi connectivity index (χ3v) is 9.38. The van der Waals surface area contributed by atoms with Gasteiger partial charge in [-0.15, -0.1) is 0 Å². The van der Waals surface area contributed by atoms with E-state index in [-0.39, 0.29) is 24.3 Å². The Balaban J connectivity index is 1.57. The second-order valence-corrected chi connectivity index (χ2v) is 12.5. The quantitative estimate of drug-likeness (QED) is 0.199. The number of nitrogens with zero attached hydrogens (tertiary/aromatic N) is 3. The highest BCUT2D eigenvalue weighted by Gasteiger charge is 2.35. The van der Waals surface area contributed by atoms with Crippen LogP contribution >= 0.6 is 43.2 Å². The van der Waals surface area contributed by atoms with E-state index in [0.717, 1.165) is 11.1 Å². The summed E-state index contributed by atoms with van der Waals surface area (Å²) in [6.45, 7) is 3.85. The van der Waals surface area contributed by atoms with E-state index in [0.29, 0.717) is 52.4 Å². The van der Waals surface area contributed by atoms with Crippen molar-refractivity contribution < 1.29 is 23.7 Å². The first-order chi connectivity index (χ1) is 21.7. The van der Waals surface area contributed by atoms with Crippen molar-refractivity contribution in [1.29, 1.82) is 5.26 Å². The lowest BCUT2D eigenvalue weighted by Gasteiger charge is -2.26. The Bertz CT molecular complexity index is 2060. The number of ether oxygens (including phenoxy) is 4. The average Bonchev–Trinajstić information content (AvgIpc) is 3.33. The number of allylic oxidation sites excluding steroid dienone is 1. The maximum absolute atomic E-state index is 14.1.